The molecule has 1 unspecified atom stereocenters. The molecular weight excluding hydrogens is 308 g/mol. The van der Waals surface area contributed by atoms with Crippen LogP contribution in [0.2, 0.25) is 0 Å². The topological polar surface area (TPSA) is 29.1 Å². The lowest BCUT2D eigenvalue weighted by molar-refractivity contribution is 0.0934. The maximum absolute atomic E-state index is 13.5. The monoisotopic (exact) mass is 321 g/mol. The molecule has 1 aromatic carbocycles. The van der Waals surface area contributed by atoms with Gasteiger partial charge in [0.1, 0.15) is 5.82 Å². The summed E-state index contributed by atoms with van der Waals surface area (Å²) in [6.45, 7) is 1.88. The Morgan fingerprint density at radius 3 is 2.88 bits per heavy atom. The van der Waals surface area contributed by atoms with Gasteiger partial charge in [-0.2, -0.15) is 0 Å². The Labute approximate surface area is 114 Å². The van der Waals surface area contributed by atoms with Crippen molar-refractivity contribution < 1.29 is 9.18 Å². The van der Waals surface area contributed by atoms with Gasteiger partial charge in [-0.25, -0.2) is 4.39 Å². The molecule has 0 heterocycles. The van der Waals surface area contributed by atoms with E-state index in [9.17, 15) is 9.18 Å². The number of hydrogen-bond acceptors (Lipinski definition) is 1. The van der Waals surface area contributed by atoms with Gasteiger partial charge in [-0.3, -0.25) is 4.79 Å². The van der Waals surface area contributed by atoms with Gasteiger partial charge in [0.05, 0.1) is 5.56 Å². The molecule has 5 heteroatoms. The summed E-state index contributed by atoms with van der Waals surface area (Å²) in [6.07, 6.45) is 1.61. The molecule has 17 heavy (non-hydrogen) atoms. The lowest BCUT2D eigenvalue weighted by atomic mass is 10.1. The number of nitrogens with one attached hydrogen (secondary N) is 1. The molecule has 0 saturated heterocycles. The average Bonchev–Trinajstić information content (AvgIpc) is 2.26. The molecule has 1 atom stereocenters. The summed E-state index contributed by atoms with van der Waals surface area (Å²) in [7, 11) is 0. The van der Waals surface area contributed by atoms with Crippen LogP contribution in [0.25, 0.3) is 0 Å². The van der Waals surface area contributed by atoms with E-state index < -0.39 is 11.7 Å². The van der Waals surface area contributed by atoms with E-state index in [1.807, 2.05) is 6.92 Å². The van der Waals surface area contributed by atoms with Gasteiger partial charge in [-0.05, 0) is 38.0 Å². The third-order valence-corrected chi connectivity index (χ3v) is 3.08. The summed E-state index contributed by atoms with van der Waals surface area (Å²) in [5, 5.41) is 2.74. The van der Waals surface area contributed by atoms with Gasteiger partial charge < -0.3 is 5.32 Å². The molecule has 0 aliphatic carbocycles. The molecule has 1 rings (SSSR count). The van der Waals surface area contributed by atoms with E-state index in [-0.39, 0.29) is 11.6 Å². The van der Waals surface area contributed by atoms with Crippen LogP contribution in [-0.2, 0) is 0 Å². The van der Waals surface area contributed by atoms with Crippen molar-refractivity contribution in [1.82, 2.24) is 5.32 Å². The van der Waals surface area contributed by atoms with Crippen molar-refractivity contribution in [2.24, 2.45) is 0 Å². The molecular formula is C12H14BrClFNO. The Morgan fingerprint density at radius 2 is 2.29 bits per heavy atom. The maximum Gasteiger partial charge on any atom is 0.254 e. The van der Waals surface area contributed by atoms with Crippen molar-refractivity contribution in [3.8, 4) is 0 Å². The second-order valence-electron chi connectivity index (χ2n) is 3.83. The van der Waals surface area contributed by atoms with E-state index in [0.29, 0.717) is 10.4 Å². The summed E-state index contributed by atoms with van der Waals surface area (Å²) in [5.74, 6) is -0.356. The predicted octanol–water partition coefficient (Wildman–Crippen LogP) is 3.73. The van der Waals surface area contributed by atoms with Gasteiger partial charge in [0, 0.05) is 16.4 Å². The SMILES string of the molecule is CC(CCCCl)NC(=O)c1ccc(Br)cc1F. The largest absolute Gasteiger partial charge is 0.349 e. The molecule has 0 radical (unpaired) electrons. The van der Waals surface area contributed by atoms with Gasteiger partial charge in [-0.1, -0.05) is 15.9 Å². The van der Waals surface area contributed by atoms with E-state index in [2.05, 4.69) is 21.2 Å². The number of carbonyl (C=O) groups is 1. The van der Waals surface area contributed by atoms with Crippen molar-refractivity contribution in [2.45, 2.75) is 25.8 Å². The summed E-state index contributed by atoms with van der Waals surface area (Å²) in [6, 6.07) is 4.37. The first-order chi connectivity index (χ1) is 8.04. The standard InChI is InChI=1S/C12H14BrClFNO/c1-8(3-2-6-14)16-12(17)10-5-4-9(13)7-11(10)15/h4-5,7-8H,2-3,6H2,1H3,(H,16,17). The van der Waals surface area contributed by atoms with Gasteiger partial charge in [0.2, 0.25) is 0 Å². The summed E-state index contributed by atoms with van der Waals surface area (Å²) >= 11 is 8.71. The highest BCUT2D eigenvalue weighted by Crippen LogP contribution is 2.15. The molecule has 1 aromatic rings. The van der Waals surface area contributed by atoms with Crippen LogP contribution in [0.15, 0.2) is 22.7 Å². The van der Waals surface area contributed by atoms with Crippen LogP contribution < -0.4 is 5.32 Å². The van der Waals surface area contributed by atoms with E-state index >= 15 is 0 Å². The quantitative estimate of drug-likeness (QED) is 0.822. The van der Waals surface area contributed by atoms with Gasteiger partial charge in [0.15, 0.2) is 0 Å². The summed E-state index contributed by atoms with van der Waals surface area (Å²) in [5.41, 5.74) is 0.0610. The second kappa shape index (κ2) is 6.97. The lowest BCUT2D eigenvalue weighted by Crippen LogP contribution is -2.33. The zero-order valence-corrected chi connectivity index (χ0v) is 11.8. The normalized spacial score (nSPS) is 12.2. The number of benzene rings is 1. The molecule has 1 N–H and O–H groups in total. The number of hydrogen-bond donors (Lipinski definition) is 1. The zero-order chi connectivity index (χ0) is 12.8. The Kier molecular flexibility index (Phi) is 5.92. The van der Waals surface area contributed by atoms with Crippen molar-refractivity contribution in [3.05, 3.63) is 34.1 Å². The average molecular weight is 323 g/mol. The number of amides is 1. The van der Waals surface area contributed by atoms with Crippen molar-refractivity contribution in [2.75, 3.05) is 5.88 Å². The number of halogens is 3. The highest BCUT2D eigenvalue weighted by atomic mass is 79.9. The molecule has 0 saturated carbocycles. The zero-order valence-electron chi connectivity index (χ0n) is 9.47. The maximum atomic E-state index is 13.5. The summed E-state index contributed by atoms with van der Waals surface area (Å²) in [4.78, 5) is 11.8. The Balaban J connectivity index is 2.63. The molecule has 0 aliphatic rings. The minimum Gasteiger partial charge on any atom is -0.349 e. The summed E-state index contributed by atoms with van der Waals surface area (Å²) < 4.78 is 14.1. The van der Waals surface area contributed by atoms with E-state index in [1.54, 1.807) is 6.07 Å². The van der Waals surface area contributed by atoms with Crippen molar-refractivity contribution in [3.63, 3.8) is 0 Å². The van der Waals surface area contributed by atoms with Crippen molar-refractivity contribution >= 4 is 33.4 Å². The number of rotatable bonds is 5. The Hall–Kier alpha value is -0.610. The molecule has 0 aliphatic heterocycles. The van der Waals surface area contributed by atoms with Crippen LogP contribution in [-0.4, -0.2) is 17.8 Å². The number of alkyl halides is 1. The second-order valence-corrected chi connectivity index (χ2v) is 5.12. The van der Waals surface area contributed by atoms with Crippen molar-refractivity contribution in [1.29, 1.82) is 0 Å². The van der Waals surface area contributed by atoms with Crippen LogP contribution in [0.5, 0.6) is 0 Å². The minimum absolute atomic E-state index is 0.00991. The van der Waals surface area contributed by atoms with Crippen LogP contribution in [0.3, 0.4) is 0 Å². The van der Waals surface area contributed by atoms with Gasteiger partial charge >= 0.3 is 0 Å². The molecule has 0 bridgehead atoms. The first kappa shape index (κ1) is 14.5. The highest BCUT2D eigenvalue weighted by molar-refractivity contribution is 9.10. The molecule has 94 valence electrons. The highest BCUT2D eigenvalue weighted by Gasteiger charge is 2.13. The molecule has 0 spiro atoms. The van der Waals surface area contributed by atoms with E-state index in [1.165, 1.54) is 12.1 Å². The predicted molar refractivity (Wildman–Crippen MR) is 71.0 cm³/mol. The molecule has 0 fully saturated rings. The smallest absolute Gasteiger partial charge is 0.254 e. The van der Waals surface area contributed by atoms with E-state index in [0.717, 1.165) is 12.8 Å². The van der Waals surface area contributed by atoms with Crippen LogP contribution in [0.1, 0.15) is 30.1 Å². The first-order valence-electron chi connectivity index (χ1n) is 5.36. The van der Waals surface area contributed by atoms with Gasteiger partial charge in [0.25, 0.3) is 5.91 Å². The van der Waals surface area contributed by atoms with Crippen LogP contribution in [0, 0.1) is 5.82 Å². The molecule has 2 nitrogen and oxygen atoms in total. The third kappa shape index (κ3) is 4.64. The fourth-order valence-electron chi connectivity index (χ4n) is 1.43. The van der Waals surface area contributed by atoms with Gasteiger partial charge in [-0.15, -0.1) is 11.6 Å². The third-order valence-electron chi connectivity index (χ3n) is 2.32. The minimum atomic E-state index is -0.526. The Bertz CT molecular complexity index is 400. The Morgan fingerprint density at radius 1 is 1.59 bits per heavy atom. The van der Waals surface area contributed by atoms with Crippen LogP contribution >= 0.6 is 27.5 Å². The molecule has 1 amide bonds. The van der Waals surface area contributed by atoms with E-state index in [4.69, 9.17) is 11.6 Å². The van der Waals surface area contributed by atoms with Crippen LogP contribution in [0.4, 0.5) is 4.39 Å². The first-order valence-corrected chi connectivity index (χ1v) is 6.69. The lowest BCUT2D eigenvalue weighted by Gasteiger charge is -2.13. The molecule has 0 aromatic heterocycles. The number of carbonyl (C=O) groups excluding carboxylic acids is 1. The fourth-order valence-corrected chi connectivity index (χ4v) is 1.92. The fraction of sp³-hybridized carbons (Fsp3) is 0.417.